The van der Waals surface area contributed by atoms with Gasteiger partial charge in [0, 0.05) is 25.2 Å². The van der Waals surface area contributed by atoms with Gasteiger partial charge in [-0.15, -0.1) is 6.58 Å². The van der Waals surface area contributed by atoms with E-state index < -0.39 is 9.84 Å². The maximum atomic E-state index is 11.9. The van der Waals surface area contributed by atoms with Crippen molar-refractivity contribution >= 4 is 21.4 Å². The van der Waals surface area contributed by atoms with Gasteiger partial charge in [-0.1, -0.05) is 17.7 Å². The number of fused-ring (bicyclic) bond motifs is 1. The van der Waals surface area contributed by atoms with Crippen LogP contribution >= 0.6 is 11.6 Å². The highest BCUT2D eigenvalue weighted by Crippen LogP contribution is 2.41. The number of rotatable bonds is 6. The Hall–Kier alpha value is -2.03. The predicted molar refractivity (Wildman–Crippen MR) is 105 cm³/mol. The van der Waals surface area contributed by atoms with Crippen LogP contribution in [0, 0.1) is 6.92 Å². The molecule has 2 aliphatic heterocycles. The third-order valence-electron chi connectivity index (χ3n) is 5.03. The second kappa shape index (κ2) is 7.42. The van der Waals surface area contributed by atoms with Gasteiger partial charge in [0.15, 0.2) is 21.3 Å². The van der Waals surface area contributed by atoms with Crippen LogP contribution in [-0.2, 0) is 16.4 Å². The molecule has 0 bridgehead atoms. The van der Waals surface area contributed by atoms with Gasteiger partial charge in [-0.2, -0.15) is 0 Å². The Morgan fingerprint density at radius 1 is 1.36 bits per heavy atom. The van der Waals surface area contributed by atoms with E-state index in [-0.39, 0.29) is 24.3 Å². The Kier molecular flexibility index (Phi) is 5.11. The number of aryl methyl sites for hydroxylation is 1. The van der Waals surface area contributed by atoms with Crippen molar-refractivity contribution < 1.29 is 22.3 Å². The minimum absolute atomic E-state index is 0.0447. The average Bonchev–Trinajstić information content (AvgIpc) is 3.32. The molecule has 0 N–H and O–H groups in total. The lowest BCUT2D eigenvalue weighted by atomic mass is 10.2. The normalized spacial score (nSPS) is 20.0. The molecule has 1 aromatic carbocycles. The maximum Gasteiger partial charge on any atom is 0.231 e. The lowest BCUT2D eigenvalue weighted by Gasteiger charge is -2.25. The summed E-state index contributed by atoms with van der Waals surface area (Å²) < 4.78 is 40.3. The monoisotopic (exact) mass is 424 g/mol. The summed E-state index contributed by atoms with van der Waals surface area (Å²) >= 11 is 6.37. The number of ether oxygens (including phenoxy) is 2. The van der Waals surface area contributed by atoms with Gasteiger partial charge in [0.05, 0.1) is 27.8 Å². The van der Waals surface area contributed by atoms with E-state index in [0.29, 0.717) is 53.2 Å². The maximum absolute atomic E-state index is 11.9. The third-order valence-corrected chi connectivity index (χ3v) is 7.09. The Morgan fingerprint density at radius 3 is 2.79 bits per heavy atom. The van der Waals surface area contributed by atoms with Crippen molar-refractivity contribution in [3.63, 3.8) is 0 Å². The van der Waals surface area contributed by atoms with Gasteiger partial charge in [0.2, 0.25) is 12.7 Å². The first-order chi connectivity index (χ1) is 13.4. The highest BCUT2D eigenvalue weighted by atomic mass is 35.5. The third kappa shape index (κ3) is 3.76. The van der Waals surface area contributed by atoms with Crippen molar-refractivity contribution in [3.8, 4) is 23.0 Å². The van der Waals surface area contributed by atoms with Crippen molar-refractivity contribution in [2.45, 2.75) is 25.9 Å². The van der Waals surface area contributed by atoms with Crippen LogP contribution in [0.25, 0.3) is 11.5 Å². The smallest absolute Gasteiger partial charge is 0.231 e. The van der Waals surface area contributed by atoms with E-state index in [2.05, 4.69) is 16.5 Å². The summed E-state index contributed by atoms with van der Waals surface area (Å²) in [4.78, 5) is 6.70. The van der Waals surface area contributed by atoms with E-state index in [1.807, 2.05) is 6.92 Å². The first kappa shape index (κ1) is 19.3. The van der Waals surface area contributed by atoms with Crippen LogP contribution in [0.15, 0.2) is 29.2 Å². The molecule has 3 heterocycles. The van der Waals surface area contributed by atoms with Crippen LogP contribution < -0.4 is 9.47 Å². The molecule has 1 saturated heterocycles. The minimum atomic E-state index is -2.97. The van der Waals surface area contributed by atoms with Crippen molar-refractivity contribution in [3.05, 3.63) is 41.3 Å². The van der Waals surface area contributed by atoms with Crippen LogP contribution in [0.3, 0.4) is 0 Å². The molecule has 1 aromatic heterocycles. The summed E-state index contributed by atoms with van der Waals surface area (Å²) in [6.07, 6.45) is 2.39. The van der Waals surface area contributed by atoms with Gasteiger partial charge in [-0.3, -0.25) is 4.90 Å². The fourth-order valence-electron chi connectivity index (χ4n) is 3.54. The van der Waals surface area contributed by atoms with Gasteiger partial charge >= 0.3 is 0 Å². The number of aromatic nitrogens is 1. The van der Waals surface area contributed by atoms with Crippen molar-refractivity contribution in [1.29, 1.82) is 0 Å². The summed E-state index contributed by atoms with van der Waals surface area (Å²) in [6, 6.07) is 3.40. The molecule has 2 aliphatic rings. The molecule has 9 heteroatoms. The van der Waals surface area contributed by atoms with Crippen molar-refractivity contribution in [2.24, 2.45) is 0 Å². The minimum Gasteiger partial charge on any atom is -0.454 e. The second-order valence-electron chi connectivity index (χ2n) is 6.98. The summed E-state index contributed by atoms with van der Waals surface area (Å²) in [5.74, 6) is 2.64. The molecule has 7 nitrogen and oxygen atoms in total. The highest BCUT2D eigenvalue weighted by molar-refractivity contribution is 7.91. The SMILES string of the molecule is C=CCN(Cc1nc(-c2cc3c(cc2Cl)OCO3)oc1C)[C@@H]1CCS(=O)(=O)C1. The van der Waals surface area contributed by atoms with E-state index in [9.17, 15) is 8.42 Å². The molecule has 2 aromatic rings. The fourth-order valence-corrected chi connectivity index (χ4v) is 5.53. The van der Waals surface area contributed by atoms with Gasteiger partial charge in [0.1, 0.15) is 5.76 Å². The highest BCUT2D eigenvalue weighted by Gasteiger charge is 2.32. The van der Waals surface area contributed by atoms with Crippen LogP contribution in [0.5, 0.6) is 11.5 Å². The molecule has 0 unspecified atom stereocenters. The standard InChI is InChI=1S/C19H21ClN2O5S/c1-3-5-22(13-4-6-28(23,24)10-13)9-16-12(2)27-19(21-16)14-7-17-18(8-15(14)20)26-11-25-17/h3,7-8,13H,1,4-6,9-11H2,2H3/t13-/m1/s1. The topological polar surface area (TPSA) is 81.9 Å². The van der Waals surface area contributed by atoms with Gasteiger partial charge < -0.3 is 13.9 Å². The quantitative estimate of drug-likeness (QED) is 0.658. The average molecular weight is 425 g/mol. The number of benzene rings is 1. The molecule has 1 fully saturated rings. The Bertz CT molecular complexity index is 1020. The zero-order valence-corrected chi connectivity index (χ0v) is 17.1. The fraction of sp³-hybridized carbons (Fsp3) is 0.421. The summed E-state index contributed by atoms with van der Waals surface area (Å²) in [7, 11) is -2.97. The molecule has 4 rings (SSSR count). The number of hydrogen-bond donors (Lipinski definition) is 0. The molecular formula is C19H21ClN2O5S. The van der Waals surface area contributed by atoms with Crippen LogP contribution in [0.1, 0.15) is 17.9 Å². The van der Waals surface area contributed by atoms with Crippen LogP contribution in [0.4, 0.5) is 0 Å². The van der Waals surface area contributed by atoms with Crippen molar-refractivity contribution in [2.75, 3.05) is 24.8 Å². The summed E-state index contributed by atoms with van der Waals surface area (Å²) in [5.41, 5.74) is 1.37. The zero-order chi connectivity index (χ0) is 19.9. The lowest BCUT2D eigenvalue weighted by molar-refractivity contribution is 0.174. The van der Waals surface area contributed by atoms with Crippen LogP contribution in [0.2, 0.25) is 5.02 Å². The molecule has 28 heavy (non-hydrogen) atoms. The molecule has 150 valence electrons. The van der Waals surface area contributed by atoms with Crippen LogP contribution in [-0.4, -0.2) is 49.2 Å². The number of halogens is 1. The number of sulfone groups is 1. The number of nitrogens with zero attached hydrogens (tertiary/aromatic N) is 2. The largest absolute Gasteiger partial charge is 0.454 e. The van der Waals surface area contributed by atoms with E-state index in [0.717, 1.165) is 5.69 Å². The first-order valence-corrected chi connectivity index (χ1v) is 11.2. The second-order valence-corrected chi connectivity index (χ2v) is 9.62. The molecule has 0 spiro atoms. The number of oxazole rings is 1. The number of hydrogen-bond acceptors (Lipinski definition) is 7. The summed E-state index contributed by atoms with van der Waals surface area (Å²) in [5, 5.41) is 0.460. The zero-order valence-electron chi connectivity index (χ0n) is 15.5. The van der Waals surface area contributed by atoms with Crippen molar-refractivity contribution in [1.82, 2.24) is 9.88 Å². The predicted octanol–water partition coefficient (Wildman–Crippen LogP) is 3.21. The first-order valence-electron chi connectivity index (χ1n) is 8.97. The molecule has 1 atom stereocenters. The Labute approximate surface area is 168 Å². The molecule has 0 amide bonds. The van der Waals surface area contributed by atoms with E-state index in [1.54, 1.807) is 18.2 Å². The summed E-state index contributed by atoms with van der Waals surface area (Å²) in [6.45, 7) is 6.84. The Balaban J connectivity index is 1.60. The van der Waals surface area contributed by atoms with Gasteiger partial charge in [0.25, 0.3) is 0 Å². The van der Waals surface area contributed by atoms with Gasteiger partial charge in [-0.05, 0) is 19.4 Å². The van der Waals surface area contributed by atoms with E-state index in [1.165, 1.54) is 0 Å². The molecule has 0 aliphatic carbocycles. The molecular weight excluding hydrogens is 404 g/mol. The molecule has 0 radical (unpaired) electrons. The Morgan fingerprint density at radius 2 is 2.11 bits per heavy atom. The van der Waals surface area contributed by atoms with E-state index >= 15 is 0 Å². The van der Waals surface area contributed by atoms with Gasteiger partial charge in [-0.25, -0.2) is 13.4 Å². The van der Waals surface area contributed by atoms with E-state index in [4.69, 9.17) is 25.5 Å². The molecule has 0 saturated carbocycles. The lowest BCUT2D eigenvalue weighted by Crippen LogP contribution is -2.36.